The van der Waals surface area contributed by atoms with Crippen LogP contribution < -0.4 is 9.75 Å². The number of fused-ring (bicyclic) bond motifs is 3. The highest BCUT2D eigenvalue weighted by Crippen LogP contribution is 2.18. The van der Waals surface area contributed by atoms with Crippen LogP contribution in [0.4, 0.5) is 0 Å². The summed E-state index contributed by atoms with van der Waals surface area (Å²) in [5.41, 5.74) is 1.34. The van der Waals surface area contributed by atoms with E-state index in [1.165, 1.54) is 25.4 Å². The van der Waals surface area contributed by atoms with Gasteiger partial charge in [-0.2, -0.15) is 0 Å². The Morgan fingerprint density at radius 1 is 1.40 bits per heavy atom. The van der Waals surface area contributed by atoms with Crippen molar-refractivity contribution in [3.8, 4) is 0 Å². The molecule has 0 spiro atoms. The minimum absolute atomic E-state index is 0.503. The van der Waals surface area contributed by atoms with E-state index in [9.17, 15) is 0 Å². The van der Waals surface area contributed by atoms with E-state index in [4.69, 9.17) is 0 Å². The minimum Gasteiger partial charge on any atom is -0.136 e. The molecule has 1 atom stereocenters. The lowest BCUT2D eigenvalue weighted by atomic mass is 10.1. The van der Waals surface area contributed by atoms with Gasteiger partial charge in [-0.15, -0.1) is 11.3 Å². The van der Waals surface area contributed by atoms with E-state index in [-0.39, 0.29) is 0 Å². The quantitative estimate of drug-likeness (QED) is 0.650. The minimum atomic E-state index is 0.503. The monoisotopic (exact) mass is 278 g/mol. The third kappa shape index (κ3) is 1.56. The maximum Gasteiger partial charge on any atom is 0.0369 e. The van der Waals surface area contributed by atoms with Gasteiger partial charge >= 0.3 is 0 Å². The van der Waals surface area contributed by atoms with Gasteiger partial charge in [0.05, 0.1) is 0 Å². The number of hydrogen-bond acceptors (Lipinski definition) is 1. The van der Waals surface area contributed by atoms with Crippen molar-refractivity contribution in [2.24, 2.45) is 0 Å². The molecule has 0 saturated carbocycles. The van der Waals surface area contributed by atoms with Crippen molar-refractivity contribution < 1.29 is 0 Å². The van der Waals surface area contributed by atoms with Gasteiger partial charge in [-0.25, -0.2) is 0 Å². The van der Waals surface area contributed by atoms with E-state index < -0.39 is 0 Å². The lowest BCUT2D eigenvalue weighted by Gasteiger charge is -2.02. The Morgan fingerprint density at radius 2 is 2.27 bits per heavy atom. The van der Waals surface area contributed by atoms with Gasteiger partial charge in [0, 0.05) is 19.4 Å². The highest BCUT2D eigenvalue weighted by molar-refractivity contribution is 9.09. The molecular weight excluding hydrogens is 268 g/mol. The van der Waals surface area contributed by atoms with Crippen molar-refractivity contribution in [1.29, 1.82) is 0 Å². The molecule has 0 amide bonds. The molecule has 0 nitrogen and oxygen atoms in total. The Labute approximate surface area is 101 Å². The second kappa shape index (κ2) is 3.46. The molecule has 76 valence electrons. The fourth-order valence-corrected chi connectivity index (χ4v) is 3.61. The Bertz CT molecular complexity index is 636. The maximum atomic E-state index is 3.66. The molecule has 0 radical (unpaired) electrons. The lowest BCUT2D eigenvalue weighted by molar-refractivity contribution is 1.17. The van der Waals surface area contributed by atoms with E-state index in [0.717, 1.165) is 6.42 Å². The fourth-order valence-electron chi connectivity index (χ4n) is 2.04. The first-order valence-electron chi connectivity index (χ1n) is 5.09. The molecule has 15 heavy (non-hydrogen) atoms. The highest BCUT2D eigenvalue weighted by atomic mass is 79.9. The van der Waals surface area contributed by atoms with Crippen molar-refractivity contribution in [2.45, 2.75) is 18.2 Å². The van der Waals surface area contributed by atoms with Crippen LogP contribution in [0.25, 0.3) is 22.2 Å². The third-order valence-electron chi connectivity index (χ3n) is 2.79. The van der Waals surface area contributed by atoms with Crippen molar-refractivity contribution in [2.75, 3.05) is 0 Å². The van der Waals surface area contributed by atoms with Crippen molar-refractivity contribution in [1.82, 2.24) is 0 Å². The fraction of sp³-hybridized carbons (Fsp3) is 0.231. The van der Waals surface area contributed by atoms with Crippen LogP contribution in [0.15, 0.2) is 18.2 Å². The molecule has 0 N–H and O–H groups in total. The maximum absolute atomic E-state index is 3.66. The third-order valence-corrected chi connectivity index (χ3v) is 4.61. The van der Waals surface area contributed by atoms with Crippen LogP contribution in [-0.2, 0) is 0 Å². The normalized spacial score (nSPS) is 19.5. The van der Waals surface area contributed by atoms with Gasteiger partial charge in [0.2, 0.25) is 0 Å². The zero-order valence-electron chi connectivity index (χ0n) is 8.46. The van der Waals surface area contributed by atoms with Gasteiger partial charge in [-0.1, -0.05) is 39.7 Å². The van der Waals surface area contributed by atoms with E-state index in [0.29, 0.717) is 4.83 Å². The first kappa shape index (κ1) is 9.61. The van der Waals surface area contributed by atoms with Crippen LogP contribution in [0, 0.1) is 6.92 Å². The summed E-state index contributed by atoms with van der Waals surface area (Å²) in [4.78, 5) is 0.503. The summed E-state index contributed by atoms with van der Waals surface area (Å²) < 4.78 is 2.84. The van der Waals surface area contributed by atoms with Crippen LogP contribution in [0.3, 0.4) is 0 Å². The average molecular weight is 279 g/mol. The first-order valence-corrected chi connectivity index (χ1v) is 6.82. The number of halogens is 1. The molecule has 1 aliphatic rings. The topological polar surface area (TPSA) is 0 Å². The molecule has 0 aliphatic heterocycles. The molecule has 1 aliphatic carbocycles. The Kier molecular flexibility index (Phi) is 2.22. The Morgan fingerprint density at radius 3 is 3.13 bits per heavy atom. The Hall–Kier alpha value is -0.600. The van der Waals surface area contributed by atoms with Crippen molar-refractivity contribution in [3.05, 3.63) is 33.5 Å². The van der Waals surface area contributed by atoms with Crippen LogP contribution in [0.2, 0.25) is 0 Å². The highest BCUT2D eigenvalue weighted by Gasteiger charge is 2.08. The van der Waals surface area contributed by atoms with E-state index in [1.807, 2.05) is 11.3 Å². The summed E-state index contributed by atoms with van der Waals surface area (Å²) in [5.74, 6) is 0. The molecule has 1 heterocycles. The molecule has 0 fully saturated rings. The zero-order chi connectivity index (χ0) is 10.4. The molecule has 0 saturated heterocycles. The van der Waals surface area contributed by atoms with Gasteiger partial charge in [0.25, 0.3) is 0 Å². The lowest BCUT2D eigenvalue weighted by Crippen LogP contribution is -2.24. The SMILES string of the molecule is Cc1ccc2sc3c(c2c1)=CC(Br)CC=3. The first-order chi connectivity index (χ1) is 7.24. The summed E-state index contributed by atoms with van der Waals surface area (Å²) in [6.07, 6.45) is 5.79. The predicted octanol–water partition coefficient (Wildman–Crippen LogP) is 2.94. The van der Waals surface area contributed by atoms with E-state index >= 15 is 0 Å². The zero-order valence-corrected chi connectivity index (χ0v) is 10.9. The van der Waals surface area contributed by atoms with E-state index in [1.54, 1.807) is 0 Å². The smallest absolute Gasteiger partial charge is 0.0369 e. The molecule has 3 rings (SSSR count). The number of hydrogen-bond donors (Lipinski definition) is 0. The average Bonchev–Trinajstić information content (AvgIpc) is 2.56. The second-order valence-electron chi connectivity index (χ2n) is 4.00. The largest absolute Gasteiger partial charge is 0.136 e. The van der Waals surface area contributed by atoms with Gasteiger partial charge in [-0.3, -0.25) is 0 Å². The summed E-state index contributed by atoms with van der Waals surface area (Å²) in [6.45, 7) is 2.15. The molecule has 0 bridgehead atoms. The second-order valence-corrected chi connectivity index (χ2v) is 6.26. The summed E-state index contributed by atoms with van der Waals surface area (Å²) in [5, 5.41) is 2.84. The number of benzene rings is 1. The van der Waals surface area contributed by atoms with Crippen LogP contribution in [0.1, 0.15) is 12.0 Å². The van der Waals surface area contributed by atoms with Gasteiger partial charge in [0.1, 0.15) is 0 Å². The summed E-state index contributed by atoms with van der Waals surface area (Å²) >= 11 is 5.57. The van der Waals surface area contributed by atoms with Crippen LogP contribution in [-0.4, -0.2) is 4.83 Å². The van der Waals surface area contributed by atoms with Gasteiger partial charge < -0.3 is 0 Å². The number of alkyl halides is 1. The number of thiophene rings is 1. The van der Waals surface area contributed by atoms with Gasteiger partial charge in [-0.05, 0) is 30.7 Å². The molecule has 1 aromatic heterocycles. The standard InChI is InChI=1S/C13H11BrS/c1-8-2-4-12-10(6-8)11-7-9(14)3-5-13(11)15-12/h2,4-7,9H,3H2,1H3. The summed E-state index contributed by atoms with van der Waals surface area (Å²) in [7, 11) is 0. The summed E-state index contributed by atoms with van der Waals surface area (Å²) in [6, 6.07) is 6.72. The van der Waals surface area contributed by atoms with Gasteiger partial charge in [0.15, 0.2) is 0 Å². The number of rotatable bonds is 0. The molecule has 2 heteroatoms. The molecule has 1 unspecified atom stereocenters. The van der Waals surface area contributed by atoms with Crippen molar-refractivity contribution >= 4 is 49.5 Å². The molecule has 2 aromatic rings. The van der Waals surface area contributed by atoms with Crippen LogP contribution >= 0.6 is 27.3 Å². The van der Waals surface area contributed by atoms with E-state index in [2.05, 4.69) is 53.2 Å². The molecule has 1 aromatic carbocycles. The Balaban J connectivity index is 2.51. The predicted molar refractivity (Wildman–Crippen MR) is 72.1 cm³/mol. The van der Waals surface area contributed by atoms with Crippen LogP contribution in [0.5, 0.6) is 0 Å². The molecular formula is C13H11BrS. The van der Waals surface area contributed by atoms with Crippen molar-refractivity contribution in [3.63, 3.8) is 0 Å². The number of aryl methyl sites for hydroxylation is 1.